The first-order valence-corrected chi connectivity index (χ1v) is 9.04. The van der Waals surface area contributed by atoms with Gasteiger partial charge in [0.1, 0.15) is 5.37 Å². The van der Waals surface area contributed by atoms with Gasteiger partial charge in [0.2, 0.25) is 0 Å². The number of ketones is 1. The Morgan fingerprint density at radius 2 is 1.88 bits per heavy atom. The van der Waals surface area contributed by atoms with Crippen LogP contribution in [0.15, 0.2) is 41.5 Å². The number of rotatable bonds is 7. The molecular formula is C18H21NO4S. The van der Waals surface area contributed by atoms with E-state index in [2.05, 4.69) is 0 Å². The van der Waals surface area contributed by atoms with Crippen molar-refractivity contribution in [2.75, 3.05) is 12.8 Å². The Kier molecular flexibility index (Phi) is 5.83. The maximum atomic E-state index is 12.9. The minimum atomic E-state index is -1.11. The van der Waals surface area contributed by atoms with Crippen molar-refractivity contribution in [1.29, 1.82) is 0 Å². The molecule has 0 saturated carbocycles. The second kappa shape index (κ2) is 7.66. The van der Waals surface area contributed by atoms with Gasteiger partial charge in [-0.2, -0.15) is 0 Å². The molecule has 2 rings (SSSR count). The highest BCUT2D eigenvalue weighted by atomic mass is 32.2. The third-order valence-electron chi connectivity index (χ3n) is 3.77. The largest absolute Gasteiger partial charge is 0.481 e. The summed E-state index contributed by atoms with van der Waals surface area (Å²) in [7, 11) is 0. The predicted molar refractivity (Wildman–Crippen MR) is 93.9 cm³/mol. The maximum Gasteiger partial charge on any atom is 0.308 e. The summed E-state index contributed by atoms with van der Waals surface area (Å²) in [6.45, 7) is 4.45. The normalized spacial score (nSPS) is 17.8. The Morgan fingerprint density at radius 3 is 2.38 bits per heavy atom. The molecule has 0 aliphatic carbocycles. The molecule has 1 amide bonds. The number of carbonyl (C=O) groups excluding carboxylic acids is 2. The standard InChI is InChI=1S/C18H21NO4S/c1-11(2)10-19-17(23)13(9-14(20)21)15(18(19)24-3)16(22)12-7-5-4-6-8-12/h4-8,11,18H,9-10H2,1-3H3,(H,20,21). The summed E-state index contributed by atoms with van der Waals surface area (Å²) in [5.74, 6) is -1.50. The SMILES string of the molecule is CSC1C(C(=O)c2ccccc2)=C(CC(=O)O)C(=O)N1CC(C)C. The Balaban J connectivity index is 2.50. The first-order chi connectivity index (χ1) is 11.4. The van der Waals surface area contributed by atoms with Gasteiger partial charge in [-0.15, -0.1) is 11.8 Å². The van der Waals surface area contributed by atoms with Gasteiger partial charge in [-0.05, 0) is 12.2 Å². The molecule has 5 nitrogen and oxygen atoms in total. The zero-order valence-electron chi connectivity index (χ0n) is 14.0. The summed E-state index contributed by atoms with van der Waals surface area (Å²) in [4.78, 5) is 38.5. The number of carbonyl (C=O) groups is 3. The average molecular weight is 347 g/mol. The van der Waals surface area contributed by atoms with Crippen LogP contribution in [0.2, 0.25) is 0 Å². The van der Waals surface area contributed by atoms with Crippen molar-refractivity contribution >= 4 is 29.4 Å². The molecule has 1 aliphatic heterocycles. The fourth-order valence-electron chi connectivity index (χ4n) is 2.83. The number of Topliss-reactive ketones (excluding diaryl/α,β-unsaturated/α-hetero) is 1. The van der Waals surface area contributed by atoms with E-state index >= 15 is 0 Å². The molecule has 1 aromatic carbocycles. The lowest BCUT2D eigenvalue weighted by Gasteiger charge is -2.27. The fraction of sp³-hybridized carbons (Fsp3) is 0.389. The molecule has 0 fully saturated rings. The van der Waals surface area contributed by atoms with Gasteiger partial charge < -0.3 is 10.0 Å². The fourth-order valence-corrected chi connectivity index (χ4v) is 3.75. The molecule has 1 N–H and O–H groups in total. The van der Waals surface area contributed by atoms with Gasteiger partial charge in [0.25, 0.3) is 5.91 Å². The summed E-state index contributed by atoms with van der Waals surface area (Å²) < 4.78 is 0. The number of carboxylic acids is 1. The minimum absolute atomic E-state index is 0.108. The number of amides is 1. The number of hydrogen-bond donors (Lipinski definition) is 1. The first-order valence-electron chi connectivity index (χ1n) is 7.75. The van der Waals surface area contributed by atoms with E-state index in [9.17, 15) is 14.4 Å². The molecule has 1 atom stereocenters. The molecule has 0 radical (unpaired) electrons. The van der Waals surface area contributed by atoms with Crippen LogP contribution in [0.3, 0.4) is 0 Å². The monoisotopic (exact) mass is 347 g/mol. The first kappa shape index (κ1) is 18.3. The van der Waals surface area contributed by atoms with Crippen molar-refractivity contribution in [2.24, 2.45) is 5.92 Å². The zero-order chi connectivity index (χ0) is 17.9. The Morgan fingerprint density at radius 1 is 1.25 bits per heavy atom. The van der Waals surface area contributed by atoms with Crippen LogP contribution in [0.25, 0.3) is 0 Å². The molecule has 0 aromatic heterocycles. The Bertz CT molecular complexity index is 682. The van der Waals surface area contributed by atoms with E-state index in [-0.39, 0.29) is 23.2 Å². The van der Waals surface area contributed by atoms with E-state index < -0.39 is 17.8 Å². The van der Waals surface area contributed by atoms with Crippen LogP contribution in [0.5, 0.6) is 0 Å². The second-order valence-electron chi connectivity index (χ2n) is 6.10. The molecule has 128 valence electrons. The van der Waals surface area contributed by atoms with Crippen LogP contribution in [-0.4, -0.2) is 45.8 Å². The summed E-state index contributed by atoms with van der Waals surface area (Å²) in [5, 5.41) is 8.72. The molecule has 0 saturated heterocycles. The van der Waals surface area contributed by atoms with Crippen molar-refractivity contribution in [3.8, 4) is 0 Å². The number of carboxylic acid groups (broad SMARTS) is 1. The molecule has 0 bridgehead atoms. The van der Waals surface area contributed by atoms with E-state index in [0.29, 0.717) is 17.7 Å². The number of aliphatic carboxylic acids is 1. The lowest BCUT2D eigenvalue weighted by molar-refractivity contribution is -0.137. The van der Waals surface area contributed by atoms with Gasteiger partial charge in [0.15, 0.2) is 5.78 Å². The molecule has 1 aromatic rings. The van der Waals surface area contributed by atoms with Crippen molar-refractivity contribution in [2.45, 2.75) is 25.6 Å². The van der Waals surface area contributed by atoms with E-state index in [4.69, 9.17) is 5.11 Å². The smallest absolute Gasteiger partial charge is 0.308 e. The highest BCUT2D eigenvalue weighted by Crippen LogP contribution is 2.36. The lowest BCUT2D eigenvalue weighted by atomic mass is 9.98. The summed E-state index contributed by atoms with van der Waals surface area (Å²) in [6, 6.07) is 8.67. The summed E-state index contributed by atoms with van der Waals surface area (Å²) in [5.41, 5.74) is 0.881. The highest BCUT2D eigenvalue weighted by molar-refractivity contribution is 7.99. The number of thioether (sulfide) groups is 1. The minimum Gasteiger partial charge on any atom is -0.481 e. The van der Waals surface area contributed by atoms with E-state index in [1.165, 1.54) is 11.8 Å². The third-order valence-corrected chi connectivity index (χ3v) is 4.70. The van der Waals surface area contributed by atoms with Gasteiger partial charge >= 0.3 is 5.97 Å². The lowest BCUT2D eigenvalue weighted by Crippen LogP contribution is -2.37. The van der Waals surface area contributed by atoms with Gasteiger partial charge in [-0.25, -0.2) is 0 Å². The van der Waals surface area contributed by atoms with E-state index in [1.807, 2.05) is 20.1 Å². The number of hydrogen-bond acceptors (Lipinski definition) is 4. The van der Waals surface area contributed by atoms with Crippen LogP contribution in [0.4, 0.5) is 0 Å². The van der Waals surface area contributed by atoms with Crippen molar-refractivity contribution in [1.82, 2.24) is 4.90 Å². The molecule has 24 heavy (non-hydrogen) atoms. The van der Waals surface area contributed by atoms with Gasteiger partial charge in [-0.1, -0.05) is 44.2 Å². The van der Waals surface area contributed by atoms with Crippen LogP contribution in [-0.2, 0) is 9.59 Å². The van der Waals surface area contributed by atoms with Crippen LogP contribution in [0, 0.1) is 5.92 Å². The van der Waals surface area contributed by atoms with Crippen molar-refractivity contribution in [3.63, 3.8) is 0 Å². The van der Waals surface area contributed by atoms with Gasteiger partial charge in [-0.3, -0.25) is 14.4 Å². The Labute approximate surface area is 145 Å². The van der Waals surface area contributed by atoms with E-state index in [0.717, 1.165) is 0 Å². The molecule has 0 spiro atoms. The Hall–Kier alpha value is -2.08. The topological polar surface area (TPSA) is 74.7 Å². The quantitative estimate of drug-likeness (QED) is 0.768. The third kappa shape index (κ3) is 3.70. The molecule has 1 unspecified atom stereocenters. The van der Waals surface area contributed by atoms with Gasteiger partial charge in [0, 0.05) is 23.3 Å². The predicted octanol–water partition coefficient (Wildman–Crippen LogP) is 2.83. The average Bonchev–Trinajstić information content (AvgIpc) is 2.79. The van der Waals surface area contributed by atoms with E-state index in [1.54, 1.807) is 35.2 Å². The highest BCUT2D eigenvalue weighted by Gasteiger charge is 2.42. The maximum absolute atomic E-state index is 12.9. The summed E-state index contributed by atoms with van der Waals surface area (Å²) >= 11 is 1.38. The van der Waals surface area contributed by atoms with Crippen LogP contribution < -0.4 is 0 Å². The summed E-state index contributed by atoms with van der Waals surface area (Å²) in [6.07, 6.45) is 1.39. The molecular weight excluding hydrogens is 326 g/mol. The molecule has 1 aliphatic rings. The molecule has 1 heterocycles. The van der Waals surface area contributed by atoms with Crippen LogP contribution >= 0.6 is 11.8 Å². The van der Waals surface area contributed by atoms with Gasteiger partial charge in [0.05, 0.1) is 6.42 Å². The number of benzene rings is 1. The van der Waals surface area contributed by atoms with Crippen LogP contribution in [0.1, 0.15) is 30.6 Å². The van der Waals surface area contributed by atoms with Crippen molar-refractivity contribution < 1.29 is 19.5 Å². The van der Waals surface area contributed by atoms with Crippen molar-refractivity contribution in [3.05, 3.63) is 47.0 Å². The zero-order valence-corrected chi connectivity index (χ0v) is 14.8. The molecule has 6 heteroatoms. The second-order valence-corrected chi connectivity index (χ2v) is 7.02. The number of nitrogens with zero attached hydrogens (tertiary/aromatic N) is 1.